The van der Waals surface area contributed by atoms with Gasteiger partial charge in [0.2, 0.25) is 0 Å². The molecule has 1 aliphatic rings. The van der Waals surface area contributed by atoms with Crippen LogP contribution in [-0.2, 0) is 0 Å². The molecule has 0 bridgehead atoms. The van der Waals surface area contributed by atoms with Gasteiger partial charge in [0, 0.05) is 24.5 Å². The maximum absolute atomic E-state index is 13.4. The van der Waals surface area contributed by atoms with Crippen LogP contribution in [0, 0.1) is 0 Å². The zero-order chi connectivity index (χ0) is 24.8. The molecule has 2 N–H and O–H groups in total. The first-order valence-electron chi connectivity index (χ1n) is 11.8. The molecule has 0 aliphatic carbocycles. The van der Waals surface area contributed by atoms with Crippen LogP contribution in [0.4, 0.5) is 11.4 Å². The first kappa shape index (κ1) is 24.1. The smallest absolute Gasteiger partial charge is 0.263 e. The van der Waals surface area contributed by atoms with Gasteiger partial charge in [-0.05, 0) is 55.7 Å². The Morgan fingerprint density at radius 3 is 2.14 bits per heavy atom. The van der Waals surface area contributed by atoms with Crippen LogP contribution >= 0.6 is 0 Å². The maximum atomic E-state index is 13.4. The normalized spacial score (nSPS) is 13.7. The summed E-state index contributed by atoms with van der Waals surface area (Å²) in [7, 11) is 3.01. The predicted molar refractivity (Wildman–Crippen MR) is 138 cm³/mol. The van der Waals surface area contributed by atoms with Crippen LogP contribution in [0.1, 0.15) is 52.1 Å². The van der Waals surface area contributed by atoms with E-state index >= 15 is 0 Å². The third kappa shape index (κ3) is 5.40. The molecule has 0 aromatic heterocycles. The lowest BCUT2D eigenvalue weighted by Gasteiger charge is -2.23. The molecule has 1 fully saturated rings. The van der Waals surface area contributed by atoms with Crippen molar-refractivity contribution in [2.45, 2.75) is 25.8 Å². The number of nitrogens with zero attached hydrogens (tertiary/aromatic N) is 1. The predicted octanol–water partition coefficient (Wildman–Crippen LogP) is 5.05. The molecule has 1 heterocycles. The van der Waals surface area contributed by atoms with E-state index in [0.717, 1.165) is 37.2 Å². The van der Waals surface area contributed by atoms with Gasteiger partial charge in [-0.1, -0.05) is 36.4 Å². The first-order chi connectivity index (χ1) is 17.0. The second-order valence-electron chi connectivity index (χ2n) is 8.52. The van der Waals surface area contributed by atoms with Crippen molar-refractivity contribution in [1.82, 2.24) is 5.32 Å². The van der Waals surface area contributed by atoms with Crippen molar-refractivity contribution < 1.29 is 19.1 Å². The highest BCUT2D eigenvalue weighted by atomic mass is 16.5. The molecule has 1 atom stereocenters. The molecule has 0 radical (unpaired) electrons. The second-order valence-corrected chi connectivity index (χ2v) is 8.52. The van der Waals surface area contributed by atoms with Gasteiger partial charge in [-0.25, -0.2) is 0 Å². The number of hydrogen-bond donors (Lipinski definition) is 2. The van der Waals surface area contributed by atoms with Gasteiger partial charge in [-0.15, -0.1) is 0 Å². The van der Waals surface area contributed by atoms with Gasteiger partial charge in [0.05, 0.1) is 25.8 Å². The number of nitrogens with one attached hydrogen (secondary N) is 2. The number of carbonyl (C=O) groups is 2. The number of rotatable bonds is 8. The van der Waals surface area contributed by atoms with E-state index in [2.05, 4.69) is 15.5 Å². The molecular weight excluding hydrogens is 442 g/mol. The summed E-state index contributed by atoms with van der Waals surface area (Å²) in [6.07, 6.45) is 2.18. The van der Waals surface area contributed by atoms with Crippen LogP contribution in [-0.4, -0.2) is 39.1 Å². The molecule has 1 aliphatic heterocycles. The topological polar surface area (TPSA) is 79.9 Å². The number of amides is 2. The van der Waals surface area contributed by atoms with Crippen LogP contribution in [0.2, 0.25) is 0 Å². The van der Waals surface area contributed by atoms with Crippen molar-refractivity contribution in [2.75, 3.05) is 37.5 Å². The standard InChI is InChI=1S/C28H31N3O4/c1-19(20-10-5-4-6-11-20)29-27(32)22-18-21(14-15-23(22)31-16-7-8-17-31)30-28(33)26-24(34-2)12-9-13-25(26)35-3/h4-6,9-15,18-19H,7-8,16-17H2,1-3H3,(H,29,32)(H,30,33). The minimum absolute atomic E-state index is 0.161. The fourth-order valence-electron chi connectivity index (χ4n) is 4.40. The van der Waals surface area contributed by atoms with Gasteiger partial charge in [-0.2, -0.15) is 0 Å². The number of benzene rings is 3. The molecule has 4 rings (SSSR count). The molecule has 182 valence electrons. The van der Waals surface area contributed by atoms with Crippen LogP contribution in [0.15, 0.2) is 66.7 Å². The Morgan fingerprint density at radius 1 is 0.857 bits per heavy atom. The fourth-order valence-corrected chi connectivity index (χ4v) is 4.40. The molecule has 2 amide bonds. The fraction of sp³-hybridized carbons (Fsp3) is 0.286. The molecule has 1 unspecified atom stereocenters. The van der Waals surface area contributed by atoms with Crippen LogP contribution in [0.25, 0.3) is 0 Å². The van der Waals surface area contributed by atoms with Crippen molar-refractivity contribution in [1.29, 1.82) is 0 Å². The van der Waals surface area contributed by atoms with Crippen molar-refractivity contribution >= 4 is 23.2 Å². The largest absolute Gasteiger partial charge is 0.496 e. The lowest BCUT2D eigenvalue weighted by molar-refractivity contribution is 0.0939. The Balaban J connectivity index is 1.63. The summed E-state index contributed by atoms with van der Waals surface area (Å²) in [4.78, 5) is 28.8. The van der Waals surface area contributed by atoms with E-state index < -0.39 is 0 Å². The summed E-state index contributed by atoms with van der Waals surface area (Å²) in [5, 5.41) is 6.02. The molecule has 0 spiro atoms. The third-order valence-electron chi connectivity index (χ3n) is 6.25. The molecule has 35 heavy (non-hydrogen) atoms. The average molecular weight is 474 g/mol. The van der Waals surface area contributed by atoms with E-state index in [1.165, 1.54) is 14.2 Å². The van der Waals surface area contributed by atoms with E-state index in [1.54, 1.807) is 24.3 Å². The van der Waals surface area contributed by atoms with Crippen molar-refractivity contribution in [3.8, 4) is 11.5 Å². The molecule has 1 saturated heterocycles. The van der Waals surface area contributed by atoms with Crippen LogP contribution < -0.4 is 25.0 Å². The summed E-state index contributed by atoms with van der Waals surface area (Å²) in [5.41, 5.74) is 3.23. The minimum Gasteiger partial charge on any atom is -0.496 e. The number of hydrogen-bond acceptors (Lipinski definition) is 5. The number of ether oxygens (including phenoxy) is 2. The lowest BCUT2D eigenvalue weighted by Crippen LogP contribution is -2.29. The molecule has 0 saturated carbocycles. The lowest BCUT2D eigenvalue weighted by atomic mass is 10.1. The summed E-state index contributed by atoms with van der Waals surface area (Å²) in [6.45, 7) is 3.76. The van der Waals surface area contributed by atoms with Crippen LogP contribution in [0.5, 0.6) is 11.5 Å². The summed E-state index contributed by atoms with van der Waals surface area (Å²) in [5.74, 6) is 0.252. The van der Waals surface area contributed by atoms with Gasteiger partial charge < -0.3 is 25.0 Å². The monoisotopic (exact) mass is 473 g/mol. The second kappa shape index (κ2) is 11.0. The van der Waals surface area contributed by atoms with Gasteiger partial charge >= 0.3 is 0 Å². The van der Waals surface area contributed by atoms with E-state index in [9.17, 15) is 9.59 Å². The maximum Gasteiger partial charge on any atom is 0.263 e. The van der Waals surface area contributed by atoms with Crippen molar-refractivity contribution in [3.63, 3.8) is 0 Å². The van der Waals surface area contributed by atoms with Gasteiger partial charge in [0.25, 0.3) is 11.8 Å². The first-order valence-corrected chi connectivity index (χ1v) is 11.8. The highest BCUT2D eigenvalue weighted by Gasteiger charge is 2.23. The van der Waals surface area contributed by atoms with E-state index in [1.807, 2.05) is 49.4 Å². The van der Waals surface area contributed by atoms with E-state index in [-0.39, 0.29) is 17.9 Å². The summed E-state index contributed by atoms with van der Waals surface area (Å²) in [6, 6.07) is 20.3. The Labute approximate surface area is 206 Å². The molecule has 7 heteroatoms. The minimum atomic E-state index is -0.378. The zero-order valence-electron chi connectivity index (χ0n) is 20.3. The molecule has 3 aromatic rings. The molecule has 7 nitrogen and oxygen atoms in total. The van der Waals surface area contributed by atoms with Crippen molar-refractivity contribution in [2.24, 2.45) is 0 Å². The summed E-state index contributed by atoms with van der Waals surface area (Å²) < 4.78 is 10.7. The zero-order valence-corrected chi connectivity index (χ0v) is 20.3. The van der Waals surface area contributed by atoms with E-state index in [0.29, 0.717) is 28.3 Å². The Kier molecular flexibility index (Phi) is 7.55. The Hall–Kier alpha value is -4.00. The highest BCUT2D eigenvalue weighted by molar-refractivity contribution is 6.09. The number of methoxy groups -OCH3 is 2. The van der Waals surface area contributed by atoms with Crippen LogP contribution in [0.3, 0.4) is 0 Å². The Bertz CT molecular complexity index is 1170. The van der Waals surface area contributed by atoms with E-state index in [4.69, 9.17) is 9.47 Å². The van der Waals surface area contributed by atoms with Gasteiger partial charge in [0.15, 0.2) is 0 Å². The average Bonchev–Trinajstić information content (AvgIpc) is 3.43. The van der Waals surface area contributed by atoms with Gasteiger partial charge in [-0.3, -0.25) is 9.59 Å². The Morgan fingerprint density at radius 2 is 1.51 bits per heavy atom. The quantitative estimate of drug-likeness (QED) is 0.479. The summed E-state index contributed by atoms with van der Waals surface area (Å²) >= 11 is 0. The molecular formula is C28H31N3O4. The SMILES string of the molecule is COc1cccc(OC)c1C(=O)Nc1ccc(N2CCCC2)c(C(=O)NC(C)c2ccccc2)c1. The van der Waals surface area contributed by atoms with Crippen molar-refractivity contribution in [3.05, 3.63) is 83.4 Å². The van der Waals surface area contributed by atoms with Gasteiger partial charge in [0.1, 0.15) is 17.1 Å². The third-order valence-corrected chi connectivity index (χ3v) is 6.25. The number of carbonyl (C=O) groups excluding carboxylic acids is 2. The number of anilines is 2. The molecule has 3 aromatic carbocycles. The highest BCUT2D eigenvalue weighted by Crippen LogP contribution is 2.31.